The molecule has 2 aliphatic heterocycles. The topological polar surface area (TPSA) is 58.6 Å². The summed E-state index contributed by atoms with van der Waals surface area (Å²) < 4.78 is 5.26. The molecule has 5 heteroatoms. The normalized spacial score (nSPS) is 24.1. The van der Waals surface area contributed by atoms with Gasteiger partial charge in [-0.3, -0.25) is 10.1 Å². The van der Waals surface area contributed by atoms with Gasteiger partial charge in [0.1, 0.15) is 0 Å². The van der Waals surface area contributed by atoms with Crippen LogP contribution in [0, 0.1) is 5.92 Å². The third-order valence-electron chi connectivity index (χ3n) is 2.96. The van der Waals surface area contributed by atoms with Crippen LogP contribution in [0.2, 0.25) is 0 Å². The zero-order valence-electron chi connectivity index (χ0n) is 8.70. The summed E-state index contributed by atoms with van der Waals surface area (Å²) in [5.74, 6) is 0.362. The van der Waals surface area contributed by atoms with Crippen LogP contribution in [0.25, 0.3) is 0 Å². The number of rotatable bonds is 2. The fourth-order valence-electron chi connectivity index (χ4n) is 2.01. The van der Waals surface area contributed by atoms with Gasteiger partial charge in [0.15, 0.2) is 0 Å². The maximum Gasteiger partial charge on any atom is 0.324 e. The molecule has 0 saturated carbocycles. The highest BCUT2D eigenvalue weighted by Crippen LogP contribution is 2.17. The van der Waals surface area contributed by atoms with Crippen molar-refractivity contribution in [2.24, 2.45) is 5.92 Å². The zero-order valence-corrected chi connectivity index (χ0v) is 8.70. The van der Waals surface area contributed by atoms with Gasteiger partial charge < -0.3 is 9.64 Å². The number of carbonyl (C=O) groups excluding carboxylic acids is 2. The molecule has 0 aromatic heterocycles. The fraction of sp³-hybridized carbons (Fsp3) is 0.800. The number of ether oxygens (including phenoxy) is 1. The van der Waals surface area contributed by atoms with E-state index < -0.39 is 0 Å². The molecule has 0 radical (unpaired) electrons. The molecule has 2 saturated heterocycles. The zero-order chi connectivity index (χ0) is 10.7. The summed E-state index contributed by atoms with van der Waals surface area (Å²) in [6.45, 7) is 2.89. The van der Waals surface area contributed by atoms with Crippen molar-refractivity contribution in [1.29, 1.82) is 0 Å². The van der Waals surface area contributed by atoms with Gasteiger partial charge in [-0.15, -0.1) is 0 Å². The summed E-state index contributed by atoms with van der Waals surface area (Å²) in [7, 11) is 0. The number of imide groups is 1. The molecule has 2 heterocycles. The lowest BCUT2D eigenvalue weighted by molar-refractivity contribution is -0.121. The van der Waals surface area contributed by atoms with Crippen LogP contribution in [-0.2, 0) is 9.53 Å². The smallest absolute Gasteiger partial charge is 0.324 e. The highest BCUT2D eigenvalue weighted by molar-refractivity contribution is 5.96. The lowest BCUT2D eigenvalue weighted by Crippen LogP contribution is -2.51. The van der Waals surface area contributed by atoms with Crippen molar-refractivity contribution in [3.05, 3.63) is 0 Å². The molecular formula is C10H16N2O3. The first kappa shape index (κ1) is 10.4. The van der Waals surface area contributed by atoms with Crippen molar-refractivity contribution in [3.63, 3.8) is 0 Å². The van der Waals surface area contributed by atoms with Crippen molar-refractivity contribution in [2.75, 3.05) is 26.3 Å². The van der Waals surface area contributed by atoms with Crippen LogP contribution in [0.5, 0.6) is 0 Å². The van der Waals surface area contributed by atoms with Gasteiger partial charge in [0.05, 0.1) is 0 Å². The standard InChI is InChI=1S/C10H16N2O3/c13-9-1-4-12(10(14)11-9)7-8-2-5-15-6-3-8/h8H,1-7H2,(H,11,13,14). The molecule has 0 atom stereocenters. The monoisotopic (exact) mass is 212 g/mol. The van der Waals surface area contributed by atoms with Crippen molar-refractivity contribution >= 4 is 11.9 Å². The van der Waals surface area contributed by atoms with E-state index in [1.54, 1.807) is 4.90 Å². The predicted octanol–water partition coefficient (Wildman–Crippen LogP) is 0.355. The predicted molar refractivity (Wildman–Crippen MR) is 53.3 cm³/mol. The molecule has 0 bridgehead atoms. The maximum absolute atomic E-state index is 11.4. The number of amides is 3. The van der Waals surface area contributed by atoms with Gasteiger partial charge in [-0.05, 0) is 18.8 Å². The molecule has 5 nitrogen and oxygen atoms in total. The second-order valence-corrected chi connectivity index (χ2v) is 4.11. The Morgan fingerprint density at radius 2 is 2.07 bits per heavy atom. The third kappa shape index (κ3) is 2.68. The SMILES string of the molecule is O=C1CCN(CC2CCOCC2)C(=O)N1. The van der Waals surface area contributed by atoms with Crippen LogP contribution in [0.15, 0.2) is 0 Å². The molecule has 2 rings (SSSR count). The molecule has 84 valence electrons. The maximum atomic E-state index is 11.4. The van der Waals surface area contributed by atoms with E-state index in [1.807, 2.05) is 0 Å². The Bertz CT molecular complexity index is 261. The molecule has 2 aliphatic rings. The minimum absolute atomic E-state index is 0.164. The van der Waals surface area contributed by atoms with E-state index in [4.69, 9.17) is 4.74 Å². The van der Waals surface area contributed by atoms with Gasteiger partial charge in [0, 0.05) is 32.7 Å². The largest absolute Gasteiger partial charge is 0.381 e. The first-order chi connectivity index (χ1) is 7.25. The number of urea groups is 1. The molecule has 15 heavy (non-hydrogen) atoms. The van der Waals surface area contributed by atoms with Gasteiger partial charge in [-0.25, -0.2) is 4.79 Å². The van der Waals surface area contributed by atoms with Crippen LogP contribution in [0.4, 0.5) is 4.79 Å². The van der Waals surface area contributed by atoms with E-state index in [-0.39, 0.29) is 11.9 Å². The minimum atomic E-state index is -0.238. The molecule has 0 spiro atoms. The molecule has 3 amide bonds. The van der Waals surface area contributed by atoms with Crippen LogP contribution >= 0.6 is 0 Å². The lowest BCUT2D eigenvalue weighted by atomic mass is 9.99. The Kier molecular flexibility index (Phi) is 3.20. The van der Waals surface area contributed by atoms with E-state index in [9.17, 15) is 9.59 Å². The van der Waals surface area contributed by atoms with Crippen LogP contribution in [-0.4, -0.2) is 43.1 Å². The van der Waals surface area contributed by atoms with E-state index in [2.05, 4.69) is 5.32 Å². The Morgan fingerprint density at radius 3 is 2.73 bits per heavy atom. The summed E-state index contributed by atoms with van der Waals surface area (Å²) in [5, 5.41) is 2.34. The van der Waals surface area contributed by atoms with E-state index in [0.29, 0.717) is 18.9 Å². The molecule has 2 fully saturated rings. The highest BCUT2D eigenvalue weighted by atomic mass is 16.5. The first-order valence-corrected chi connectivity index (χ1v) is 5.42. The van der Waals surface area contributed by atoms with E-state index in [1.165, 1.54) is 0 Å². The highest BCUT2D eigenvalue weighted by Gasteiger charge is 2.26. The van der Waals surface area contributed by atoms with Gasteiger partial charge in [-0.2, -0.15) is 0 Å². The third-order valence-corrected chi connectivity index (χ3v) is 2.96. The molecule has 0 unspecified atom stereocenters. The van der Waals surface area contributed by atoms with Crippen LogP contribution < -0.4 is 5.32 Å². The Morgan fingerprint density at radius 1 is 1.33 bits per heavy atom. The van der Waals surface area contributed by atoms with Crippen molar-refractivity contribution in [2.45, 2.75) is 19.3 Å². The van der Waals surface area contributed by atoms with E-state index >= 15 is 0 Å². The van der Waals surface area contributed by atoms with E-state index in [0.717, 1.165) is 32.6 Å². The van der Waals surface area contributed by atoms with Crippen molar-refractivity contribution in [1.82, 2.24) is 10.2 Å². The minimum Gasteiger partial charge on any atom is -0.381 e. The van der Waals surface area contributed by atoms with Crippen LogP contribution in [0.3, 0.4) is 0 Å². The van der Waals surface area contributed by atoms with Crippen molar-refractivity contribution in [3.8, 4) is 0 Å². The second kappa shape index (κ2) is 4.61. The quantitative estimate of drug-likeness (QED) is 0.718. The number of nitrogens with zero attached hydrogens (tertiary/aromatic N) is 1. The summed E-state index contributed by atoms with van der Waals surface area (Å²) >= 11 is 0. The Labute approximate surface area is 88.8 Å². The average Bonchev–Trinajstić information content (AvgIpc) is 2.24. The number of hydrogen-bond acceptors (Lipinski definition) is 3. The molecule has 0 aliphatic carbocycles. The Hall–Kier alpha value is -1.10. The molecule has 0 aromatic rings. The summed E-state index contributed by atoms with van der Waals surface area (Å²) in [6.07, 6.45) is 2.45. The summed E-state index contributed by atoms with van der Waals surface area (Å²) in [4.78, 5) is 24.1. The Balaban J connectivity index is 1.82. The summed E-state index contributed by atoms with van der Waals surface area (Å²) in [6, 6.07) is -0.238. The molecule has 0 aromatic carbocycles. The van der Waals surface area contributed by atoms with Gasteiger partial charge in [-0.1, -0.05) is 0 Å². The van der Waals surface area contributed by atoms with Crippen molar-refractivity contribution < 1.29 is 14.3 Å². The number of hydrogen-bond donors (Lipinski definition) is 1. The van der Waals surface area contributed by atoms with Crippen LogP contribution in [0.1, 0.15) is 19.3 Å². The molecular weight excluding hydrogens is 196 g/mol. The number of carbonyl (C=O) groups is 2. The fourth-order valence-corrected chi connectivity index (χ4v) is 2.01. The lowest BCUT2D eigenvalue weighted by Gasteiger charge is -2.31. The number of nitrogens with one attached hydrogen (secondary N) is 1. The average molecular weight is 212 g/mol. The molecule has 1 N–H and O–H groups in total. The van der Waals surface area contributed by atoms with Gasteiger partial charge in [0.25, 0.3) is 0 Å². The second-order valence-electron chi connectivity index (χ2n) is 4.11. The first-order valence-electron chi connectivity index (χ1n) is 5.42. The van der Waals surface area contributed by atoms with Gasteiger partial charge in [0.2, 0.25) is 5.91 Å². The van der Waals surface area contributed by atoms with Gasteiger partial charge >= 0.3 is 6.03 Å². The summed E-state index contributed by atoms with van der Waals surface area (Å²) in [5.41, 5.74) is 0.